The average Bonchev–Trinajstić information content (AvgIpc) is 2.91. The minimum atomic E-state index is -0.140. The van der Waals surface area contributed by atoms with E-state index in [4.69, 9.17) is 9.47 Å². The highest BCUT2D eigenvalue weighted by Gasteiger charge is 2.24. The maximum absolute atomic E-state index is 11.3. The molecule has 22 heavy (non-hydrogen) atoms. The Labute approximate surface area is 151 Å². The molecule has 0 bridgehead atoms. The van der Waals surface area contributed by atoms with Crippen molar-refractivity contribution in [3.05, 3.63) is 0 Å². The van der Waals surface area contributed by atoms with E-state index in [9.17, 15) is 4.79 Å². The molecule has 1 fully saturated rings. The van der Waals surface area contributed by atoms with Crippen LogP contribution in [0.4, 0.5) is 0 Å². The van der Waals surface area contributed by atoms with Crippen LogP contribution in [-0.2, 0) is 14.3 Å². The molecular formula is C15H30IN3O3. The second kappa shape index (κ2) is 12.9. The number of likely N-dealkylation sites (tertiary alicyclic amines) is 1. The summed E-state index contributed by atoms with van der Waals surface area (Å²) in [6.07, 6.45) is 2.30. The van der Waals surface area contributed by atoms with E-state index < -0.39 is 0 Å². The Hall–Kier alpha value is -0.570. The summed E-state index contributed by atoms with van der Waals surface area (Å²) in [5, 5.41) is 3.32. The van der Waals surface area contributed by atoms with Crippen molar-refractivity contribution in [2.75, 3.05) is 46.5 Å². The predicted molar refractivity (Wildman–Crippen MR) is 98.8 cm³/mol. The van der Waals surface area contributed by atoms with Crippen LogP contribution in [0.1, 0.15) is 33.1 Å². The highest BCUT2D eigenvalue weighted by molar-refractivity contribution is 14.0. The van der Waals surface area contributed by atoms with Crippen molar-refractivity contribution in [2.24, 2.45) is 10.9 Å². The van der Waals surface area contributed by atoms with E-state index in [1.165, 1.54) is 0 Å². The van der Waals surface area contributed by atoms with Crippen molar-refractivity contribution >= 4 is 35.9 Å². The fraction of sp³-hybridized carbons (Fsp3) is 0.867. The van der Waals surface area contributed by atoms with Crippen LogP contribution >= 0.6 is 24.0 Å². The number of carbonyl (C=O) groups excluding carboxylic acids is 1. The zero-order valence-corrected chi connectivity index (χ0v) is 16.3. The molecule has 0 aromatic carbocycles. The maximum Gasteiger partial charge on any atom is 0.305 e. The summed E-state index contributed by atoms with van der Waals surface area (Å²) in [5.41, 5.74) is 0. The monoisotopic (exact) mass is 427 g/mol. The Bertz CT molecular complexity index is 340. The highest BCUT2D eigenvalue weighted by atomic mass is 127. The number of rotatable bonds is 8. The van der Waals surface area contributed by atoms with Gasteiger partial charge in [0.2, 0.25) is 0 Å². The Balaban J connectivity index is 0.00000441. The molecule has 0 aromatic heterocycles. The van der Waals surface area contributed by atoms with Crippen molar-refractivity contribution in [3.63, 3.8) is 0 Å². The lowest BCUT2D eigenvalue weighted by Crippen LogP contribution is -2.40. The van der Waals surface area contributed by atoms with Crippen molar-refractivity contribution in [1.82, 2.24) is 10.2 Å². The molecule has 6 nitrogen and oxygen atoms in total. The number of hydrogen-bond donors (Lipinski definition) is 1. The third-order valence-corrected chi connectivity index (χ3v) is 3.43. The molecule has 1 saturated heterocycles. The molecule has 1 aliphatic rings. The van der Waals surface area contributed by atoms with Gasteiger partial charge >= 0.3 is 5.97 Å². The number of guanidine groups is 1. The van der Waals surface area contributed by atoms with E-state index in [0.29, 0.717) is 25.5 Å². The average molecular weight is 427 g/mol. The number of nitrogens with zero attached hydrogens (tertiary/aromatic N) is 2. The van der Waals surface area contributed by atoms with Crippen LogP contribution in [0.25, 0.3) is 0 Å². The lowest BCUT2D eigenvalue weighted by Gasteiger charge is -2.21. The van der Waals surface area contributed by atoms with Gasteiger partial charge in [-0.1, -0.05) is 0 Å². The summed E-state index contributed by atoms with van der Waals surface area (Å²) in [6.45, 7) is 8.63. The quantitative estimate of drug-likeness (QED) is 0.211. The number of methoxy groups -OCH3 is 1. The minimum Gasteiger partial charge on any atom is -0.466 e. The molecule has 0 radical (unpaired) electrons. The number of nitrogens with one attached hydrogen (secondary N) is 1. The van der Waals surface area contributed by atoms with Crippen molar-refractivity contribution in [2.45, 2.75) is 33.1 Å². The fourth-order valence-electron chi connectivity index (χ4n) is 2.46. The second-order valence-electron chi connectivity index (χ2n) is 5.20. The molecule has 1 rings (SSSR count). The molecule has 1 unspecified atom stereocenters. The van der Waals surface area contributed by atoms with Crippen molar-refractivity contribution < 1.29 is 14.3 Å². The Morgan fingerprint density at radius 2 is 2.18 bits per heavy atom. The lowest BCUT2D eigenvalue weighted by molar-refractivity contribution is -0.143. The molecule has 1 atom stereocenters. The van der Waals surface area contributed by atoms with Crippen LogP contribution in [0.5, 0.6) is 0 Å². The van der Waals surface area contributed by atoms with Gasteiger partial charge in [-0.25, -0.2) is 0 Å². The largest absolute Gasteiger partial charge is 0.466 e. The Morgan fingerprint density at radius 1 is 1.41 bits per heavy atom. The Kier molecular flexibility index (Phi) is 12.6. The topological polar surface area (TPSA) is 63.2 Å². The molecule has 1 aliphatic heterocycles. The van der Waals surface area contributed by atoms with Gasteiger partial charge in [0.1, 0.15) is 0 Å². The van der Waals surface area contributed by atoms with Crippen molar-refractivity contribution in [3.8, 4) is 0 Å². The summed E-state index contributed by atoms with van der Waals surface area (Å²) >= 11 is 0. The molecule has 1 heterocycles. The molecule has 130 valence electrons. The van der Waals surface area contributed by atoms with Gasteiger partial charge in [0, 0.05) is 45.6 Å². The van der Waals surface area contributed by atoms with Crippen LogP contribution in [0, 0.1) is 5.92 Å². The molecule has 0 spiro atoms. The standard InChI is InChI=1S/C15H29N3O3.HI/c1-4-16-15(17-9-6-7-14(19)21-5-2)18-10-8-13(11-18)12-20-3;/h13H,4-12H2,1-3H3,(H,16,17);1H. The van der Waals surface area contributed by atoms with Crippen molar-refractivity contribution in [1.29, 1.82) is 0 Å². The number of hydrogen-bond acceptors (Lipinski definition) is 4. The van der Waals surface area contributed by atoms with Gasteiger partial charge in [-0.15, -0.1) is 24.0 Å². The van der Waals surface area contributed by atoms with E-state index in [0.717, 1.165) is 45.0 Å². The van der Waals surface area contributed by atoms with E-state index in [1.54, 1.807) is 7.11 Å². The number of esters is 1. The maximum atomic E-state index is 11.3. The first kappa shape index (κ1) is 21.4. The first-order chi connectivity index (χ1) is 10.2. The Morgan fingerprint density at radius 3 is 2.82 bits per heavy atom. The van der Waals surface area contributed by atoms with E-state index in [1.807, 2.05) is 6.92 Å². The molecule has 0 saturated carbocycles. The number of ether oxygens (including phenoxy) is 2. The van der Waals surface area contributed by atoms with Gasteiger partial charge in [0.25, 0.3) is 0 Å². The third-order valence-electron chi connectivity index (χ3n) is 3.43. The van der Waals surface area contributed by atoms with Gasteiger partial charge in [0.05, 0.1) is 13.2 Å². The van der Waals surface area contributed by atoms with Gasteiger partial charge in [-0.3, -0.25) is 9.79 Å². The minimum absolute atomic E-state index is 0. The first-order valence-electron chi connectivity index (χ1n) is 7.89. The first-order valence-corrected chi connectivity index (χ1v) is 7.89. The molecule has 1 N–H and O–H groups in total. The summed E-state index contributed by atoms with van der Waals surface area (Å²) in [5.74, 6) is 1.39. The highest BCUT2D eigenvalue weighted by Crippen LogP contribution is 2.16. The smallest absolute Gasteiger partial charge is 0.305 e. The zero-order chi connectivity index (χ0) is 15.5. The molecule has 7 heteroatoms. The van der Waals surface area contributed by atoms with Crippen LogP contribution in [0.2, 0.25) is 0 Å². The zero-order valence-electron chi connectivity index (χ0n) is 14.0. The van der Waals surface area contributed by atoms with Crippen LogP contribution in [0.3, 0.4) is 0 Å². The predicted octanol–water partition coefficient (Wildman–Crippen LogP) is 1.88. The molecule has 0 aromatic rings. The third kappa shape index (κ3) is 8.17. The number of halogens is 1. The lowest BCUT2D eigenvalue weighted by atomic mass is 10.1. The summed E-state index contributed by atoms with van der Waals surface area (Å²) in [6, 6.07) is 0. The van der Waals surface area contributed by atoms with E-state index in [-0.39, 0.29) is 29.9 Å². The van der Waals surface area contributed by atoms with Gasteiger partial charge in [0.15, 0.2) is 5.96 Å². The molecule has 0 amide bonds. The normalized spacial score (nSPS) is 18.0. The SMILES string of the molecule is CCNC(=NCCCC(=O)OCC)N1CCC(COC)C1.I. The molecular weight excluding hydrogens is 397 g/mol. The number of carbonyl (C=O) groups is 1. The fourth-order valence-corrected chi connectivity index (χ4v) is 2.46. The van der Waals surface area contributed by atoms with E-state index in [2.05, 4.69) is 22.1 Å². The van der Waals surface area contributed by atoms with E-state index >= 15 is 0 Å². The number of aliphatic imine (C=N–C) groups is 1. The second-order valence-corrected chi connectivity index (χ2v) is 5.20. The molecule has 0 aliphatic carbocycles. The van der Waals surface area contributed by atoms with Crippen LogP contribution < -0.4 is 5.32 Å². The van der Waals surface area contributed by atoms with Crippen LogP contribution in [0.15, 0.2) is 4.99 Å². The van der Waals surface area contributed by atoms with Gasteiger partial charge in [-0.2, -0.15) is 0 Å². The van der Waals surface area contributed by atoms with Crippen LogP contribution in [-0.4, -0.2) is 63.3 Å². The summed E-state index contributed by atoms with van der Waals surface area (Å²) in [7, 11) is 1.75. The summed E-state index contributed by atoms with van der Waals surface area (Å²) in [4.78, 5) is 18.2. The van der Waals surface area contributed by atoms with Gasteiger partial charge < -0.3 is 19.7 Å². The van der Waals surface area contributed by atoms with Gasteiger partial charge in [-0.05, 0) is 26.7 Å². The summed E-state index contributed by atoms with van der Waals surface area (Å²) < 4.78 is 10.1.